The zero-order valence-electron chi connectivity index (χ0n) is 22.6. The molecule has 40 heavy (non-hydrogen) atoms. The molecular weight excluding hydrogens is 551 g/mol. The number of aryl methyl sites for hydroxylation is 1. The maximum atomic E-state index is 12.5. The van der Waals surface area contributed by atoms with Gasteiger partial charge in [-0.15, -0.1) is 11.6 Å². The van der Waals surface area contributed by atoms with Crippen LogP contribution in [0.3, 0.4) is 0 Å². The Bertz CT molecular complexity index is 1430. The lowest BCUT2D eigenvalue weighted by molar-refractivity contribution is -0.111. The van der Waals surface area contributed by atoms with Crippen LogP contribution in [-0.4, -0.2) is 43.2 Å². The molecule has 2 N–H and O–H groups in total. The van der Waals surface area contributed by atoms with Crippen molar-refractivity contribution in [2.45, 2.75) is 33.1 Å². The van der Waals surface area contributed by atoms with Crippen molar-refractivity contribution in [3.8, 4) is 17.6 Å². The fraction of sp³-hybridized carbons (Fsp3) is 0.367. The van der Waals surface area contributed by atoms with Crippen LogP contribution < -0.4 is 20.1 Å². The van der Waals surface area contributed by atoms with Gasteiger partial charge >= 0.3 is 0 Å². The van der Waals surface area contributed by atoms with Gasteiger partial charge in [0, 0.05) is 42.3 Å². The fourth-order valence-electron chi connectivity index (χ4n) is 4.51. The van der Waals surface area contributed by atoms with Crippen molar-refractivity contribution < 1.29 is 19.0 Å². The summed E-state index contributed by atoms with van der Waals surface area (Å²) in [5.74, 6) is 1.39. The third-order valence-electron chi connectivity index (χ3n) is 6.54. The first-order valence-corrected chi connectivity index (χ1v) is 14.2. The second-order valence-corrected chi connectivity index (χ2v) is 9.97. The normalized spacial score (nSPS) is 13.8. The summed E-state index contributed by atoms with van der Waals surface area (Å²) in [7, 11) is 0. The van der Waals surface area contributed by atoms with Gasteiger partial charge in [-0.3, -0.25) is 9.78 Å². The molecule has 0 saturated carbocycles. The number of rotatable bonds is 11. The lowest BCUT2D eigenvalue weighted by Gasteiger charge is -2.22. The number of carbonyl (C=O) groups is 1. The molecule has 0 spiro atoms. The molecule has 8 nitrogen and oxygen atoms in total. The summed E-state index contributed by atoms with van der Waals surface area (Å²) < 4.78 is 17.2. The van der Waals surface area contributed by atoms with Crippen LogP contribution in [0.1, 0.15) is 37.9 Å². The van der Waals surface area contributed by atoms with E-state index in [9.17, 15) is 10.1 Å². The molecule has 2 heterocycles. The largest absolute Gasteiger partial charge is 0.492 e. The van der Waals surface area contributed by atoms with Gasteiger partial charge in [-0.05, 0) is 56.4 Å². The molecule has 1 saturated heterocycles. The number of benzene rings is 2. The van der Waals surface area contributed by atoms with E-state index in [4.69, 9.17) is 42.4 Å². The van der Waals surface area contributed by atoms with Crippen LogP contribution in [-0.2, 0) is 16.0 Å². The van der Waals surface area contributed by atoms with E-state index in [-0.39, 0.29) is 11.8 Å². The van der Waals surface area contributed by atoms with E-state index in [1.165, 1.54) is 6.08 Å². The molecule has 210 valence electrons. The summed E-state index contributed by atoms with van der Waals surface area (Å²) in [5.41, 5.74) is 3.37. The van der Waals surface area contributed by atoms with E-state index >= 15 is 0 Å². The molecule has 0 bridgehead atoms. The molecule has 1 aliphatic heterocycles. The Morgan fingerprint density at radius 1 is 1.20 bits per heavy atom. The van der Waals surface area contributed by atoms with Crippen molar-refractivity contribution >= 4 is 57.1 Å². The first-order valence-electron chi connectivity index (χ1n) is 13.3. The number of allylic oxidation sites excluding steroid dienone is 1. The first-order chi connectivity index (χ1) is 19.5. The van der Waals surface area contributed by atoms with Crippen molar-refractivity contribution in [2.75, 3.05) is 42.9 Å². The number of nitrogens with one attached hydrogen (secondary N) is 2. The molecule has 4 rings (SSSR count). The zero-order chi connectivity index (χ0) is 28.5. The number of hydrogen-bond donors (Lipinski definition) is 2. The predicted molar refractivity (Wildman–Crippen MR) is 159 cm³/mol. The number of pyridine rings is 1. The van der Waals surface area contributed by atoms with E-state index in [1.54, 1.807) is 24.3 Å². The highest BCUT2D eigenvalue weighted by Gasteiger charge is 2.19. The second kappa shape index (κ2) is 14.2. The number of nitrogens with zero attached hydrogens (tertiary/aromatic N) is 2. The Hall–Kier alpha value is -3.51. The Balaban J connectivity index is 1.71. The average molecular weight is 584 g/mol. The Kier molecular flexibility index (Phi) is 10.5. The molecular formula is C30H32Cl2N4O4. The molecule has 1 aromatic heterocycles. The van der Waals surface area contributed by atoms with Crippen LogP contribution in [0, 0.1) is 17.2 Å². The topological polar surface area (TPSA) is 106 Å². The van der Waals surface area contributed by atoms with E-state index in [2.05, 4.69) is 16.7 Å². The molecule has 1 amide bonds. The summed E-state index contributed by atoms with van der Waals surface area (Å²) in [4.78, 5) is 17.2. The van der Waals surface area contributed by atoms with E-state index < -0.39 is 0 Å². The number of ether oxygens (including phenoxy) is 3. The highest BCUT2D eigenvalue weighted by atomic mass is 35.5. The number of halogens is 2. The first kappa shape index (κ1) is 29.5. The Morgan fingerprint density at radius 3 is 2.67 bits per heavy atom. The van der Waals surface area contributed by atoms with Crippen LogP contribution in [0.2, 0.25) is 5.02 Å². The second-order valence-electron chi connectivity index (χ2n) is 9.26. The molecule has 2 aromatic carbocycles. The van der Waals surface area contributed by atoms with Crippen molar-refractivity contribution in [1.29, 1.82) is 5.26 Å². The van der Waals surface area contributed by atoms with Gasteiger partial charge in [-0.1, -0.05) is 24.6 Å². The maximum absolute atomic E-state index is 12.5. The quantitative estimate of drug-likeness (QED) is 0.185. The minimum atomic E-state index is -0.350. The molecule has 1 fully saturated rings. The van der Waals surface area contributed by atoms with Crippen LogP contribution in [0.5, 0.6) is 11.5 Å². The SMILES string of the molecule is CCOc1cc2nc(CC)c(C#N)c(Nc3ccc(OCC4CCOCC4)c(Cl)c3)c2cc1NC(=O)/C=C/CCl. The van der Waals surface area contributed by atoms with Crippen molar-refractivity contribution in [3.05, 3.63) is 58.8 Å². The third kappa shape index (κ3) is 7.16. The third-order valence-corrected chi connectivity index (χ3v) is 7.01. The number of aromatic nitrogens is 1. The highest BCUT2D eigenvalue weighted by Crippen LogP contribution is 2.38. The van der Waals surface area contributed by atoms with Crippen molar-refractivity contribution in [3.63, 3.8) is 0 Å². The molecule has 10 heteroatoms. The maximum Gasteiger partial charge on any atom is 0.248 e. The summed E-state index contributed by atoms with van der Waals surface area (Å²) in [6, 6.07) is 11.3. The number of fused-ring (bicyclic) bond motifs is 1. The minimum absolute atomic E-state index is 0.217. The molecule has 0 atom stereocenters. The number of amides is 1. The Morgan fingerprint density at radius 2 is 2.00 bits per heavy atom. The van der Waals surface area contributed by atoms with Gasteiger partial charge in [0.2, 0.25) is 5.91 Å². The van der Waals surface area contributed by atoms with E-state index in [0.717, 1.165) is 26.1 Å². The van der Waals surface area contributed by atoms with Crippen molar-refractivity contribution in [2.24, 2.45) is 5.92 Å². The lowest BCUT2D eigenvalue weighted by Crippen LogP contribution is -2.21. The van der Waals surface area contributed by atoms with Gasteiger partial charge in [0.15, 0.2) is 0 Å². The van der Waals surface area contributed by atoms with Gasteiger partial charge in [-0.25, -0.2) is 0 Å². The molecule has 3 aromatic rings. The summed E-state index contributed by atoms with van der Waals surface area (Å²) in [6.45, 7) is 6.30. The average Bonchev–Trinajstić information content (AvgIpc) is 2.96. The summed E-state index contributed by atoms with van der Waals surface area (Å²) in [5, 5.41) is 17.4. The molecule has 0 aliphatic carbocycles. The number of alkyl halides is 1. The van der Waals surface area contributed by atoms with Gasteiger partial charge in [-0.2, -0.15) is 5.26 Å². The van der Waals surface area contributed by atoms with Crippen molar-refractivity contribution in [1.82, 2.24) is 4.98 Å². The molecule has 0 unspecified atom stereocenters. The number of nitriles is 1. The van der Waals surface area contributed by atoms with Gasteiger partial charge in [0.05, 0.1) is 46.4 Å². The number of carbonyl (C=O) groups excluding carboxylic acids is 1. The monoisotopic (exact) mass is 582 g/mol. The van der Waals surface area contributed by atoms with Crippen LogP contribution >= 0.6 is 23.2 Å². The molecule has 0 radical (unpaired) electrons. The molecule has 1 aliphatic rings. The van der Waals surface area contributed by atoms with Crippen LogP contribution in [0.25, 0.3) is 10.9 Å². The predicted octanol–water partition coefficient (Wildman–Crippen LogP) is 7.00. The standard InChI is InChI=1S/C30H32Cl2N4O4/c1-3-24-22(17-33)30(34-20-7-8-27(23(32)14-20)40-18-19-9-12-38-13-10-19)21-15-26(36-29(37)6-5-11-31)28(39-4-2)16-25(21)35-24/h5-8,14-16,19H,3-4,9-13,18H2,1-2H3,(H,34,35)(H,36,37)/b6-5+. The van der Waals surface area contributed by atoms with E-state index in [1.807, 2.05) is 26.0 Å². The van der Waals surface area contributed by atoms with Crippen LogP contribution in [0.15, 0.2) is 42.5 Å². The minimum Gasteiger partial charge on any atom is -0.492 e. The van der Waals surface area contributed by atoms with Crippen LogP contribution in [0.4, 0.5) is 17.1 Å². The number of hydrogen-bond acceptors (Lipinski definition) is 7. The Labute approximate surface area is 244 Å². The highest BCUT2D eigenvalue weighted by molar-refractivity contribution is 6.32. The van der Waals surface area contributed by atoms with E-state index in [0.29, 0.717) is 81.3 Å². The lowest BCUT2D eigenvalue weighted by atomic mass is 10.0. The van der Waals surface area contributed by atoms with Gasteiger partial charge in [0.1, 0.15) is 17.6 Å². The zero-order valence-corrected chi connectivity index (χ0v) is 24.1. The summed E-state index contributed by atoms with van der Waals surface area (Å²) in [6.07, 6.45) is 5.41. The summed E-state index contributed by atoms with van der Waals surface area (Å²) >= 11 is 12.3. The number of anilines is 3. The smallest absolute Gasteiger partial charge is 0.248 e. The fourth-order valence-corrected chi connectivity index (χ4v) is 4.83. The van der Waals surface area contributed by atoms with Gasteiger partial charge in [0.25, 0.3) is 0 Å². The van der Waals surface area contributed by atoms with Gasteiger partial charge < -0.3 is 24.8 Å².